The van der Waals surface area contributed by atoms with Crippen molar-refractivity contribution in [2.24, 2.45) is 7.05 Å². The summed E-state index contributed by atoms with van der Waals surface area (Å²) in [6, 6.07) is 4.79. The normalized spacial score (nSPS) is 10.9. The molecule has 0 atom stereocenters. The van der Waals surface area contributed by atoms with Crippen LogP contribution in [-0.4, -0.2) is 21.3 Å². The van der Waals surface area contributed by atoms with Gasteiger partial charge in [-0.2, -0.15) is 0 Å². The molecule has 0 spiro atoms. The van der Waals surface area contributed by atoms with Gasteiger partial charge >= 0.3 is 0 Å². The maximum Gasteiger partial charge on any atom is 0.132 e. The highest BCUT2D eigenvalue weighted by Gasteiger charge is 2.15. The highest BCUT2D eigenvalue weighted by Crippen LogP contribution is 2.28. The summed E-state index contributed by atoms with van der Waals surface area (Å²) in [5.74, 6) is 0.458. The van der Waals surface area contributed by atoms with E-state index in [1.807, 2.05) is 18.5 Å². The van der Waals surface area contributed by atoms with Crippen molar-refractivity contribution >= 4 is 15.9 Å². The van der Waals surface area contributed by atoms with Gasteiger partial charge in [0.25, 0.3) is 0 Å². The first-order valence-electron chi connectivity index (χ1n) is 5.63. The minimum absolute atomic E-state index is 0.0324. The molecule has 3 nitrogen and oxygen atoms in total. The Hall–Kier alpha value is -1.20. The third-order valence-corrected chi connectivity index (χ3v) is 3.49. The van der Waals surface area contributed by atoms with Crippen LogP contribution in [0.15, 0.2) is 22.7 Å². The van der Waals surface area contributed by atoms with Crippen LogP contribution in [0.4, 0.5) is 4.39 Å². The van der Waals surface area contributed by atoms with Gasteiger partial charge < -0.3 is 9.67 Å². The van der Waals surface area contributed by atoms with Crippen molar-refractivity contribution in [2.45, 2.75) is 13.3 Å². The van der Waals surface area contributed by atoms with E-state index in [1.54, 1.807) is 12.1 Å². The molecule has 0 saturated heterocycles. The highest BCUT2D eigenvalue weighted by atomic mass is 79.9. The molecule has 1 aromatic carbocycles. The van der Waals surface area contributed by atoms with E-state index in [2.05, 4.69) is 20.9 Å². The van der Waals surface area contributed by atoms with Crippen molar-refractivity contribution in [1.29, 1.82) is 0 Å². The second kappa shape index (κ2) is 5.20. The fourth-order valence-corrected chi connectivity index (χ4v) is 2.26. The van der Waals surface area contributed by atoms with Crippen molar-refractivity contribution in [3.8, 4) is 11.3 Å². The molecular formula is C13H14BrFN2O. The predicted octanol–water partition coefficient (Wildman–Crippen LogP) is 2.83. The molecule has 0 bridgehead atoms. The minimum atomic E-state index is -0.296. The van der Waals surface area contributed by atoms with E-state index < -0.39 is 0 Å². The van der Waals surface area contributed by atoms with Gasteiger partial charge in [-0.15, -0.1) is 0 Å². The molecular weight excluding hydrogens is 299 g/mol. The lowest BCUT2D eigenvalue weighted by molar-refractivity contribution is 0.295. The van der Waals surface area contributed by atoms with Crippen LogP contribution in [0.25, 0.3) is 11.3 Å². The Morgan fingerprint density at radius 1 is 1.44 bits per heavy atom. The number of halogens is 2. The van der Waals surface area contributed by atoms with Crippen LogP contribution in [-0.2, 0) is 13.5 Å². The molecule has 1 aromatic heterocycles. The first kappa shape index (κ1) is 13.2. The average Bonchev–Trinajstić information content (AvgIpc) is 2.61. The summed E-state index contributed by atoms with van der Waals surface area (Å²) >= 11 is 3.33. The number of rotatable bonds is 3. The highest BCUT2D eigenvalue weighted by molar-refractivity contribution is 9.10. The molecule has 5 heteroatoms. The van der Waals surface area contributed by atoms with Gasteiger partial charge in [0.05, 0.1) is 12.3 Å². The number of aliphatic hydroxyl groups excluding tert-OH is 1. The fraction of sp³-hybridized carbons (Fsp3) is 0.308. The molecule has 0 saturated carbocycles. The van der Waals surface area contributed by atoms with Crippen LogP contribution < -0.4 is 0 Å². The summed E-state index contributed by atoms with van der Waals surface area (Å²) in [6.07, 6.45) is 0.465. The summed E-state index contributed by atoms with van der Waals surface area (Å²) < 4.78 is 16.5. The van der Waals surface area contributed by atoms with Gasteiger partial charge in [0.1, 0.15) is 11.6 Å². The largest absolute Gasteiger partial charge is 0.396 e. The van der Waals surface area contributed by atoms with Crippen molar-refractivity contribution < 1.29 is 9.50 Å². The Morgan fingerprint density at radius 3 is 2.83 bits per heavy atom. The molecule has 0 amide bonds. The van der Waals surface area contributed by atoms with Gasteiger partial charge in [-0.1, -0.05) is 15.9 Å². The van der Waals surface area contributed by atoms with Gasteiger partial charge in [-0.25, -0.2) is 9.37 Å². The lowest BCUT2D eigenvalue weighted by atomic mass is 10.1. The molecule has 0 radical (unpaired) electrons. The molecule has 0 aliphatic rings. The zero-order valence-electron chi connectivity index (χ0n) is 10.2. The molecule has 0 fully saturated rings. The van der Waals surface area contributed by atoms with E-state index in [0.717, 1.165) is 16.0 Å². The number of hydrogen-bond acceptors (Lipinski definition) is 2. The number of nitrogens with zero attached hydrogens (tertiary/aromatic N) is 2. The molecule has 0 unspecified atom stereocenters. The van der Waals surface area contributed by atoms with Gasteiger partial charge in [-0.05, 0) is 25.1 Å². The smallest absolute Gasteiger partial charge is 0.132 e. The van der Waals surface area contributed by atoms with Crippen LogP contribution in [0.3, 0.4) is 0 Å². The summed E-state index contributed by atoms with van der Waals surface area (Å²) in [5, 5.41) is 8.98. The van der Waals surface area contributed by atoms with Gasteiger partial charge in [0.15, 0.2) is 0 Å². The van der Waals surface area contributed by atoms with Crippen molar-refractivity contribution in [3.63, 3.8) is 0 Å². The average molecular weight is 313 g/mol. The van der Waals surface area contributed by atoms with E-state index in [9.17, 15) is 4.39 Å². The van der Waals surface area contributed by atoms with E-state index in [4.69, 9.17) is 5.11 Å². The summed E-state index contributed by atoms with van der Waals surface area (Å²) in [4.78, 5) is 4.41. The van der Waals surface area contributed by atoms with Crippen molar-refractivity contribution in [3.05, 3.63) is 40.0 Å². The first-order valence-corrected chi connectivity index (χ1v) is 6.42. The van der Waals surface area contributed by atoms with Crippen LogP contribution >= 0.6 is 15.9 Å². The van der Waals surface area contributed by atoms with Crippen LogP contribution in [0.2, 0.25) is 0 Å². The standard InChI is InChI=1S/C13H14BrFN2O/c1-8-13(16-12(5-6-18)17(8)2)10-7-9(14)3-4-11(10)15/h3-4,7,18H,5-6H2,1-2H3. The Labute approximate surface area is 113 Å². The zero-order chi connectivity index (χ0) is 13.3. The molecule has 2 rings (SSSR count). The predicted molar refractivity (Wildman–Crippen MR) is 71.8 cm³/mol. The summed E-state index contributed by atoms with van der Waals surface area (Å²) in [6.45, 7) is 1.92. The Balaban J connectivity index is 2.57. The van der Waals surface area contributed by atoms with Crippen LogP contribution in [0, 0.1) is 12.7 Å². The topological polar surface area (TPSA) is 38.1 Å². The Bertz CT molecular complexity index is 581. The van der Waals surface area contributed by atoms with Crippen molar-refractivity contribution in [2.75, 3.05) is 6.61 Å². The Kier molecular flexibility index (Phi) is 3.82. The molecule has 18 heavy (non-hydrogen) atoms. The fourth-order valence-electron chi connectivity index (χ4n) is 1.90. The molecule has 1 N–H and O–H groups in total. The molecule has 1 heterocycles. The van der Waals surface area contributed by atoms with E-state index in [1.165, 1.54) is 6.07 Å². The number of imidazole rings is 1. The summed E-state index contributed by atoms with van der Waals surface area (Å²) in [5.41, 5.74) is 1.98. The third kappa shape index (κ3) is 2.33. The van der Waals surface area contributed by atoms with Gasteiger partial charge in [0, 0.05) is 29.2 Å². The minimum Gasteiger partial charge on any atom is -0.396 e. The van der Waals surface area contributed by atoms with E-state index in [-0.39, 0.29) is 12.4 Å². The number of aliphatic hydroxyl groups is 1. The molecule has 2 aromatic rings. The lowest BCUT2D eigenvalue weighted by Gasteiger charge is -2.03. The van der Waals surface area contributed by atoms with Crippen LogP contribution in [0.5, 0.6) is 0 Å². The lowest BCUT2D eigenvalue weighted by Crippen LogP contribution is -2.01. The second-order valence-corrected chi connectivity index (χ2v) is 5.03. The third-order valence-electron chi connectivity index (χ3n) is 2.99. The summed E-state index contributed by atoms with van der Waals surface area (Å²) in [7, 11) is 1.87. The van der Waals surface area contributed by atoms with Gasteiger partial charge in [0.2, 0.25) is 0 Å². The monoisotopic (exact) mass is 312 g/mol. The number of aromatic nitrogens is 2. The van der Waals surface area contributed by atoms with E-state index >= 15 is 0 Å². The maximum absolute atomic E-state index is 13.8. The van der Waals surface area contributed by atoms with Gasteiger partial charge in [-0.3, -0.25) is 0 Å². The first-order chi connectivity index (χ1) is 8.54. The number of hydrogen-bond donors (Lipinski definition) is 1. The molecule has 0 aliphatic heterocycles. The number of benzene rings is 1. The second-order valence-electron chi connectivity index (χ2n) is 4.12. The maximum atomic E-state index is 13.8. The van der Waals surface area contributed by atoms with Crippen LogP contribution in [0.1, 0.15) is 11.5 Å². The SMILES string of the molecule is Cc1c(-c2cc(Br)ccc2F)nc(CCO)n1C. The zero-order valence-corrected chi connectivity index (χ0v) is 11.8. The quantitative estimate of drug-likeness (QED) is 0.946. The Morgan fingerprint density at radius 2 is 2.17 bits per heavy atom. The van der Waals surface area contributed by atoms with E-state index in [0.29, 0.717) is 17.7 Å². The van der Waals surface area contributed by atoms with Crippen molar-refractivity contribution in [1.82, 2.24) is 9.55 Å². The molecule has 96 valence electrons. The molecule has 0 aliphatic carbocycles.